The number of piperidine rings is 1. The van der Waals surface area contributed by atoms with Crippen molar-refractivity contribution >= 4 is 21.6 Å². The van der Waals surface area contributed by atoms with Gasteiger partial charge in [0.05, 0.1) is 16.1 Å². The van der Waals surface area contributed by atoms with Crippen molar-refractivity contribution in [2.24, 2.45) is 5.92 Å². The minimum atomic E-state index is -3.76. The van der Waals surface area contributed by atoms with Gasteiger partial charge in [0.25, 0.3) is 15.9 Å². The number of sulfonamides is 1. The van der Waals surface area contributed by atoms with Crippen molar-refractivity contribution in [3.8, 4) is 0 Å². The summed E-state index contributed by atoms with van der Waals surface area (Å²) in [6, 6.07) is 13.5. The molecule has 3 rings (SSSR count). The molecule has 1 saturated heterocycles. The normalized spacial score (nSPS) is 15.7. The van der Waals surface area contributed by atoms with Crippen LogP contribution in [0.4, 0.5) is 5.69 Å². The third-order valence-corrected chi connectivity index (χ3v) is 7.63. The van der Waals surface area contributed by atoms with Crippen LogP contribution in [-0.2, 0) is 10.0 Å². The standard InChI is InChI=1S/C23H31N3O3S/c1-18-8-10-20(11-9-18)30(28,29)26(3)22-7-5-4-6-21(22)23(27)24-15-12-19-13-16-25(2)17-14-19/h4-11,19H,12-17H2,1-3H3,(H,24,27). The highest BCUT2D eigenvalue weighted by Gasteiger charge is 2.25. The van der Waals surface area contributed by atoms with E-state index in [1.165, 1.54) is 11.4 Å². The van der Waals surface area contributed by atoms with Crippen LogP contribution < -0.4 is 9.62 Å². The molecule has 0 aliphatic carbocycles. The molecule has 2 aromatic carbocycles. The van der Waals surface area contributed by atoms with Gasteiger partial charge in [-0.15, -0.1) is 0 Å². The first-order chi connectivity index (χ1) is 14.3. The molecule has 0 saturated carbocycles. The fourth-order valence-corrected chi connectivity index (χ4v) is 4.99. The maximum Gasteiger partial charge on any atom is 0.264 e. The first-order valence-corrected chi connectivity index (χ1v) is 11.8. The number of carbonyl (C=O) groups is 1. The van der Waals surface area contributed by atoms with Crippen molar-refractivity contribution in [1.29, 1.82) is 0 Å². The maximum absolute atomic E-state index is 13.1. The predicted octanol–water partition coefficient (Wildman–Crippen LogP) is 3.28. The van der Waals surface area contributed by atoms with Crippen LogP contribution in [0, 0.1) is 12.8 Å². The van der Waals surface area contributed by atoms with Gasteiger partial charge in [0, 0.05) is 13.6 Å². The summed E-state index contributed by atoms with van der Waals surface area (Å²) in [4.78, 5) is 15.4. The molecule has 0 aromatic heterocycles. The van der Waals surface area contributed by atoms with Crippen molar-refractivity contribution in [2.45, 2.75) is 31.1 Å². The Morgan fingerprint density at radius 3 is 2.40 bits per heavy atom. The van der Waals surface area contributed by atoms with Crippen LogP contribution in [0.2, 0.25) is 0 Å². The Morgan fingerprint density at radius 2 is 1.73 bits per heavy atom. The molecule has 7 heteroatoms. The SMILES string of the molecule is Cc1ccc(S(=O)(=O)N(C)c2ccccc2C(=O)NCCC2CCN(C)CC2)cc1. The summed E-state index contributed by atoms with van der Waals surface area (Å²) in [5.74, 6) is 0.380. The number of nitrogens with one attached hydrogen (secondary N) is 1. The monoisotopic (exact) mass is 429 g/mol. The lowest BCUT2D eigenvalue weighted by atomic mass is 9.94. The average molecular weight is 430 g/mol. The number of carbonyl (C=O) groups excluding carboxylic acids is 1. The zero-order valence-corrected chi connectivity index (χ0v) is 18.8. The lowest BCUT2D eigenvalue weighted by Gasteiger charge is -2.29. The summed E-state index contributed by atoms with van der Waals surface area (Å²) in [6.45, 7) is 4.70. The van der Waals surface area contributed by atoms with E-state index < -0.39 is 10.0 Å². The number of hydrogen-bond donors (Lipinski definition) is 1. The van der Waals surface area contributed by atoms with Crippen LogP contribution >= 0.6 is 0 Å². The molecule has 1 N–H and O–H groups in total. The number of benzene rings is 2. The molecule has 2 aromatic rings. The quantitative estimate of drug-likeness (QED) is 0.733. The molecule has 1 aliphatic heterocycles. The molecule has 1 amide bonds. The molecule has 6 nitrogen and oxygen atoms in total. The Kier molecular flexibility index (Phi) is 7.15. The summed E-state index contributed by atoms with van der Waals surface area (Å²) in [7, 11) is -0.138. The second-order valence-electron chi connectivity index (χ2n) is 8.09. The molecule has 0 bridgehead atoms. The topological polar surface area (TPSA) is 69.7 Å². The molecule has 0 atom stereocenters. The van der Waals surface area contributed by atoms with Crippen molar-refractivity contribution in [3.63, 3.8) is 0 Å². The second kappa shape index (κ2) is 9.62. The Labute approximate surface area is 179 Å². The highest BCUT2D eigenvalue weighted by molar-refractivity contribution is 7.92. The van der Waals surface area contributed by atoms with E-state index in [1.54, 1.807) is 48.5 Å². The summed E-state index contributed by atoms with van der Waals surface area (Å²) in [5.41, 5.74) is 1.72. The van der Waals surface area contributed by atoms with E-state index in [4.69, 9.17) is 0 Å². The van der Waals surface area contributed by atoms with Crippen molar-refractivity contribution in [1.82, 2.24) is 10.2 Å². The first-order valence-electron chi connectivity index (χ1n) is 10.4. The van der Waals surface area contributed by atoms with Crippen molar-refractivity contribution < 1.29 is 13.2 Å². The predicted molar refractivity (Wildman–Crippen MR) is 120 cm³/mol. The Bertz CT molecular complexity index is 965. The number of anilines is 1. The van der Waals surface area contributed by atoms with Crippen LogP contribution in [0.15, 0.2) is 53.4 Å². The Hall–Kier alpha value is -2.38. The fraction of sp³-hybridized carbons (Fsp3) is 0.435. The molecule has 0 radical (unpaired) electrons. The molecule has 162 valence electrons. The number of amides is 1. The van der Waals surface area contributed by atoms with Gasteiger partial charge in [0.1, 0.15) is 0 Å². The van der Waals surface area contributed by atoms with Gasteiger partial charge in [-0.2, -0.15) is 0 Å². The van der Waals surface area contributed by atoms with E-state index in [2.05, 4.69) is 17.3 Å². The zero-order chi connectivity index (χ0) is 21.7. The van der Waals surface area contributed by atoms with Crippen molar-refractivity contribution in [2.75, 3.05) is 38.0 Å². The third kappa shape index (κ3) is 5.21. The van der Waals surface area contributed by atoms with Crippen molar-refractivity contribution in [3.05, 3.63) is 59.7 Å². The second-order valence-corrected chi connectivity index (χ2v) is 10.1. The zero-order valence-electron chi connectivity index (χ0n) is 18.0. The van der Waals surface area contributed by atoms with Gasteiger partial charge in [0.15, 0.2) is 0 Å². The molecule has 0 spiro atoms. The smallest absolute Gasteiger partial charge is 0.264 e. The molecule has 1 fully saturated rings. The van der Waals surface area contributed by atoms with E-state index in [1.807, 2.05) is 6.92 Å². The van der Waals surface area contributed by atoms with Crippen LogP contribution in [0.5, 0.6) is 0 Å². The molecule has 1 heterocycles. The summed E-state index contributed by atoms with van der Waals surface area (Å²) >= 11 is 0. The number of para-hydroxylation sites is 1. The van der Waals surface area contributed by atoms with Crippen LogP contribution in [0.3, 0.4) is 0 Å². The van der Waals surface area contributed by atoms with Gasteiger partial charge < -0.3 is 10.2 Å². The summed E-state index contributed by atoms with van der Waals surface area (Å²) in [5, 5.41) is 2.98. The van der Waals surface area contributed by atoms with Gasteiger partial charge in [-0.1, -0.05) is 29.8 Å². The minimum absolute atomic E-state index is 0.202. The van der Waals surface area contributed by atoms with Crippen LogP contribution in [0.1, 0.15) is 35.2 Å². The van der Waals surface area contributed by atoms with E-state index in [0.717, 1.165) is 37.9 Å². The lowest BCUT2D eigenvalue weighted by molar-refractivity contribution is 0.0949. The Morgan fingerprint density at radius 1 is 1.10 bits per heavy atom. The van der Waals surface area contributed by atoms with Crippen LogP contribution in [-0.4, -0.2) is 53.0 Å². The van der Waals surface area contributed by atoms with E-state index in [-0.39, 0.29) is 10.8 Å². The van der Waals surface area contributed by atoms with Gasteiger partial charge in [-0.25, -0.2) is 8.42 Å². The number of rotatable bonds is 7. The molecular weight excluding hydrogens is 398 g/mol. The van der Waals surface area contributed by atoms with E-state index in [9.17, 15) is 13.2 Å². The maximum atomic E-state index is 13.1. The lowest BCUT2D eigenvalue weighted by Crippen LogP contribution is -2.33. The average Bonchev–Trinajstić information content (AvgIpc) is 2.75. The van der Waals surface area contributed by atoms with Gasteiger partial charge in [-0.05, 0) is 76.5 Å². The Balaban J connectivity index is 1.70. The summed E-state index contributed by atoms with van der Waals surface area (Å²) in [6.07, 6.45) is 3.25. The first kappa shape index (κ1) is 22.3. The van der Waals surface area contributed by atoms with E-state index in [0.29, 0.717) is 23.7 Å². The van der Waals surface area contributed by atoms with Crippen LogP contribution in [0.25, 0.3) is 0 Å². The van der Waals surface area contributed by atoms with Gasteiger partial charge in [-0.3, -0.25) is 9.10 Å². The molecule has 1 aliphatic rings. The van der Waals surface area contributed by atoms with Gasteiger partial charge >= 0.3 is 0 Å². The molecule has 0 unspecified atom stereocenters. The number of aryl methyl sites for hydroxylation is 1. The summed E-state index contributed by atoms with van der Waals surface area (Å²) < 4.78 is 27.3. The van der Waals surface area contributed by atoms with Gasteiger partial charge in [0.2, 0.25) is 0 Å². The minimum Gasteiger partial charge on any atom is -0.352 e. The fourth-order valence-electron chi connectivity index (χ4n) is 3.77. The highest BCUT2D eigenvalue weighted by atomic mass is 32.2. The highest BCUT2D eigenvalue weighted by Crippen LogP contribution is 2.26. The largest absolute Gasteiger partial charge is 0.352 e. The number of likely N-dealkylation sites (tertiary alicyclic amines) is 1. The molecular formula is C23H31N3O3S. The molecule has 30 heavy (non-hydrogen) atoms. The number of hydrogen-bond acceptors (Lipinski definition) is 4. The van der Waals surface area contributed by atoms with E-state index >= 15 is 0 Å². The third-order valence-electron chi connectivity index (χ3n) is 5.84. The number of nitrogens with zero attached hydrogens (tertiary/aromatic N) is 2.